The Kier molecular flexibility index (Phi) is 3.32. The second-order valence-corrected chi connectivity index (χ2v) is 6.94. The average molecular weight is 304 g/mol. The van der Waals surface area contributed by atoms with Gasteiger partial charge in [0.1, 0.15) is 0 Å². The molecule has 3 nitrogen and oxygen atoms in total. The number of hydrogen-bond acceptors (Lipinski definition) is 2. The first-order valence-electron chi connectivity index (χ1n) is 6.28. The van der Waals surface area contributed by atoms with Crippen molar-refractivity contribution in [2.24, 2.45) is 16.7 Å². The van der Waals surface area contributed by atoms with Crippen molar-refractivity contribution in [3.05, 3.63) is 0 Å². The molecule has 98 valence electrons. The molecule has 0 aromatic heterocycles. The lowest BCUT2D eigenvalue weighted by Gasteiger charge is -2.35. The van der Waals surface area contributed by atoms with Crippen LogP contribution in [0.3, 0.4) is 0 Å². The van der Waals surface area contributed by atoms with Crippen molar-refractivity contribution >= 4 is 21.8 Å². The maximum absolute atomic E-state index is 12.6. The van der Waals surface area contributed by atoms with E-state index in [0.717, 1.165) is 11.9 Å². The Bertz CT molecular complexity index is 313. The quantitative estimate of drug-likeness (QED) is 0.733. The number of nitrogens with zero attached hydrogens (tertiary/aromatic N) is 1. The molecule has 0 bridgehead atoms. The van der Waals surface area contributed by atoms with Crippen LogP contribution in [-0.4, -0.2) is 41.9 Å². The Hall–Kier alpha value is -0.0900. The molecule has 1 aliphatic carbocycles. The van der Waals surface area contributed by atoms with Gasteiger partial charge in [-0.2, -0.15) is 0 Å². The molecule has 4 heteroatoms. The van der Waals surface area contributed by atoms with Crippen molar-refractivity contribution < 1.29 is 9.53 Å². The summed E-state index contributed by atoms with van der Waals surface area (Å²) < 4.78 is 5.43. The van der Waals surface area contributed by atoms with E-state index in [4.69, 9.17) is 4.74 Å². The summed E-state index contributed by atoms with van der Waals surface area (Å²) in [7, 11) is 0. The third-order valence-electron chi connectivity index (χ3n) is 4.96. The lowest BCUT2D eigenvalue weighted by Crippen LogP contribution is -2.50. The third-order valence-corrected chi connectivity index (χ3v) is 5.70. The Morgan fingerprint density at radius 2 is 1.94 bits per heavy atom. The summed E-state index contributed by atoms with van der Waals surface area (Å²) in [6.45, 7) is 10.8. The number of rotatable bonds is 2. The monoisotopic (exact) mass is 303 g/mol. The number of halogens is 1. The number of ether oxygens (including phenoxy) is 1. The van der Waals surface area contributed by atoms with Crippen LogP contribution >= 0.6 is 15.9 Å². The van der Waals surface area contributed by atoms with E-state index >= 15 is 0 Å². The minimum absolute atomic E-state index is 0.124. The highest BCUT2D eigenvalue weighted by atomic mass is 79.9. The van der Waals surface area contributed by atoms with Crippen LogP contribution < -0.4 is 0 Å². The molecule has 2 fully saturated rings. The number of amides is 1. The van der Waals surface area contributed by atoms with E-state index in [1.165, 1.54) is 0 Å². The van der Waals surface area contributed by atoms with Gasteiger partial charge in [0.15, 0.2) is 0 Å². The molecule has 1 unspecified atom stereocenters. The van der Waals surface area contributed by atoms with Crippen LogP contribution in [-0.2, 0) is 9.53 Å². The molecule has 17 heavy (non-hydrogen) atoms. The molecule has 1 aliphatic heterocycles. The van der Waals surface area contributed by atoms with E-state index in [1.54, 1.807) is 0 Å². The molecule has 2 aliphatic rings. The molecule has 1 atom stereocenters. The predicted octanol–water partition coefficient (Wildman–Crippen LogP) is 2.29. The van der Waals surface area contributed by atoms with Crippen LogP contribution in [0.15, 0.2) is 0 Å². The lowest BCUT2D eigenvalue weighted by molar-refractivity contribution is -0.141. The molecular weight excluding hydrogens is 282 g/mol. The van der Waals surface area contributed by atoms with Crippen LogP contribution in [0.1, 0.15) is 27.7 Å². The van der Waals surface area contributed by atoms with E-state index in [2.05, 4.69) is 43.6 Å². The number of carbonyl (C=O) groups excluding carboxylic acids is 1. The molecule has 1 saturated heterocycles. The SMILES string of the molecule is CC1(C)C(C(=O)N2CCOCC2CBr)C1(C)C. The summed E-state index contributed by atoms with van der Waals surface area (Å²) in [5.41, 5.74) is 0.249. The van der Waals surface area contributed by atoms with Crippen molar-refractivity contribution in [3.8, 4) is 0 Å². The van der Waals surface area contributed by atoms with Gasteiger partial charge >= 0.3 is 0 Å². The minimum atomic E-state index is 0.124. The second-order valence-electron chi connectivity index (χ2n) is 6.29. The summed E-state index contributed by atoms with van der Waals surface area (Å²) in [5, 5.41) is 0.798. The first-order valence-corrected chi connectivity index (χ1v) is 7.40. The standard InChI is InChI=1S/C13H22BrNO2/c1-12(2)10(13(12,3)4)11(16)15-5-6-17-8-9(15)7-14/h9-10H,5-8H2,1-4H3. The van der Waals surface area contributed by atoms with Crippen LogP contribution in [0.5, 0.6) is 0 Å². The lowest BCUT2D eigenvalue weighted by atomic mass is 10.0. The Morgan fingerprint density at radius 3 is 2.41 bits per heavy atom. The number of alkyl halides is 1. The first kappa shape index (κ1) is 13.3. The van der Waals surface area contributed by atoms with Gasteiger partial charge in [0, 0.05) is 17.8 Å². The maximum Gasteiger partial charge on any atom is 0.227 e. The highest BCUT2D eigenvalue weighted by molar-refractivity contribution is 9.09. The summed E-state index contributed by atoms with van der Waals surface area (Å²) >= 11 is 3.47. The second kappa shape index (κ2) is 4.23. The minimum Gasteiger partial charge on any atom is -0.377 e. The van der Waals surface area contributed by atoms with Crippen molar-refractivity contribution in [2.45, 2.75) is 33.7 Å². The Labute approximate surface area is 112 Å². The van der Waals surface area contributed by atoms with Gasteiger partial charge in [-0.3, -0.25) is 4.79 Å². The molecule has 0 N–H and O–H groups in total. The molecule has 1 heterocycles. The zero-order chi connectivity index (χ0) is 12.8. The number of carbonyl (C=O) groups is 1. The van der Waals surface area contributed by atoms with Crippen molar-refractivity contribution in [1.82, 2.24) is 4.90 Å². The van der Waals surface area contributed by atoms with E-state index in [-0.39, 0.29) is 22.8 Å². The number of hydrogen-bond donors (Lipinski definition) is 0. The normalized spacial score (nSPS) is 31.4. The molecule has 1 amide bonds. The smallest absolute Gasteiger partial charge is 0.227 e. The van der Waals surface area contributed by atoms with Gasteiger partial charge in [-0.25, -0.2) is 0 Å². The van der Waals surface area contributed by atoms with Gasteiger partial charge in [0.25, 0.3) is 0 Å². The third kappa shape index (κ3) is 1.93. The fraction of sp³-hybridized carbons (Fsp3) is 0.923. The zero-order valence-electron chi connectivity index (χ0n) is 11.1. The maximum atomic E-state index is 12.6. The van der Waals surface area contributed by atoms with Gasteiger partial charge in [0.2, 0.25) is 5.91 Å². The molecule has 0 spiro atoms. The first-order chi connectivity index (χ1) is 7.84. The summed E-state index contributed by atoms with van der Waals surface area (Å²) in [5.74, 6) is 0.474. The Balaban J connectivity index is 2.10. The highest BCUT2D eigenvalue weighted by Gasteiger charge is 2.69. The zero-order valence-corrected chi connectivity index (χ0v) is 12.7. The summed E-state index contributed by atoms with van der Waals surface area (Å²) in [6, 6.07) is 0.198. The van der Waals surface area contributed by atoms with E-state index in [0.29, 0.717) is 19.1 Å². The van der Waals surface area contributed by atoms with E-state index in [9.17, 15) is 4.79 Å². The van der Waals surface area contributed by atoms with Crippen molar-refractivity contribution in [2.75, 3.05) is 25.1 Å². The summed E-state index contributed by atoms with van der Waals surface area (Å²) in [4.78, 5) is 14.6. The van der Waals surface area contributed by atoms with Crippen molar-refractivity contribution in [3.63, 3.8) is 0 Å². The fourth-order valence-electron chi connectivity index (χ4n) is 3.05. The topological polar surface area (TPSA) is 29.5 Å². The highest BCUT2D eigenvalue weighted by Crippen LogP contribution is 2.68. The van der Waals surface area contributed by atoms with Gasteiger partial charge in [-0.15, -0.1) is 0 Å². The van der Waals surface area contributed by atoms with Gasteiger partial charge < -0.3 is 9.64 Å². The molecule has 0 radical (unpaired) electrons. The fourth-order valence-corrected chi connectivity index (χ4v) is 3.59. The molecule has 0 aromatic carbocycles. The summed E-state index contributed by atoms with van der Waals surface area (Å²) in [6.07, 6.45) is 0. The van der Waals surface area contributed by atoms with E-state index < -0.39 is 0 Å². The average Bonchev–Trinajstić information content (AvgIpc) is 2.68. The number of morpholine rings is 1. The molecule has 0 aromatic rings. The largest absolute Gasteiger partial charge is 0.377 e. The van der Waals surface area contributed by atoms with Crippen LogP contribution in [0.2, 0.25) is 0 Å². The molecule has 1 saturated carbocycles. The van der Waals surface area contributed by atoms with Crippen LogP contribution in [0.25, 0.3) is 0 Å². The van der Waals surface area contributed by atoms with Gasteiger partial charge in [0.05, 0.1) is 19.3 Å². The van der Waals surface area contributed by atoms with Crippen LogP contribution in [0, 0.1) is 16.7 Å². The predicted molar refractivity (Wildman–Crippen MR) is 71.2 cm³/mol. The molecular formula is C13H22BrNO2. The van der Waals surface area contributed by atoms with Gasteiger partial charge in [-0.1, -0.05) is 43.6 Å². The van der Waals surface area contributed by atoms with Crippen LogP contribution in [0.4, 0.5) is 0 Å². The Morgan fingerprint density at radius 1 is 1.35 bits per heavy atom. The van der Waals surface area contributed by atoms with Gasteiger partial charge in [-0.05, 0) is 10.8 Å². The van der Waals surface area contributed by atoms with Crippen molar-refractivity contribution in [1.29, 1.82) is 0 Å². The van der Waals surface area contributed by atoms with E-state index in [1.807, 2.05) is 4.90 Å². The molecule has 2 rings (SSSR count).